The lowest BCUT2D eigenvalue weighted by atomic mass is 10.2. The molecule has 5 heteroatoms. The van der Waals surface area contributed by atoms with Crippen molar-refractivity contribution in [2.24, 2.45) is 0 Å². The van der Waals surface area contributed by atoms with Crippen LogP contribution < -0.4 is 5.32 Å². The zero-order chi connectivity index (χ0) is 13.1. The first-order valence-corrected chi connectivity index (χ1v) is 6.49. The van der Waals surface area contributed by atoms with Crippen molar-refractivity contribution in [3.05, 3.63) is 45.5 Å². The van der Waals surface area contributed by atoms with Crippen LogP contribution >= 0.6 is 11.3 Å². The van der Waals surface area contributed by atoms with Crippen molar-refractivity contribution >= 4 is 17.3 Å². The van der Waals surface area contributed by atoms with Gasteiger partial charge in [-0.2, -0.15) is 0 Å². The Hall–Kier alpha value is -1.59. The standard InChI is InChI=1S/C13H15NO3S/c1-8-3-5-11(17-8)9(2)14-7-10-4-6-12(18-10)13(15)16/h3-6,9,14H,7H2,1-2H3,(H,15,16). The van der Waals surface area contributed by atoms with Crippen molar-refractivity contribution in [1.29, 1.82) is 0 Å². The molecule has 0 saturated carbocycles. The molecule has 0 radical (unpaired) electrons. The second-order valence-electron chi connectivity index (χ2n) is 4.12. The first kappa shape index (κ1) is 12.9. The maximum atomic E-state index is 10.8. The predicted molar refractivity (Wildman–Crippen MR) is 70.0 cm³/mol. The molecule has 2 aromatic rings. The van der Waals surface area contributed by atoms with Gasteiger partial charge in [-0.3, -0.25) is 0 Å². The van der Waals surface area contributed by atoms with E-state index in [0.29, 0.717) is 11.4 Å². The van der Waals surface area contributed by atoms with E-state index in [-0.39, 0.29) is 6.04 Å². The second kappa shape index (κ2) is 5.37. The van der Waals surface area contributed by atoms with E-state index in [9.17, 15) is 4.79 Å². The lowest BCUT2D eigenvalue weighted by Gasteiger charge is -2.09. The van der Waals surface area contributed by atoms with Crippen molar-refractivity contribution < 1.29 is 14.3 Å². The third kappa shape index (κ3) is 3.00. The molecule has 0 aliphatic heterocycles. The predicted octanol–water partition coefficient (Wildman–Crippen LogP) is 3.20. The van der Waals surface area contributed by atoms with Gasteiger partial charge in [-0.05, 0) is 38.1 Å². The maximum Gasteiger partial charge on any atom is 0.345 e. The fourth-order valence-corrected chi connectivity index (χ4v) is 2.43. The van der Waals surface area contributed by atoms with Crippen LogP contribution in [0.5, 0.6) is 0 Å². The van der Waals surface area contributed by atoms with Crippen LogP contribution in [-0.2, 0) is 6.54 Å². The summed E-state index contributed by atoms with van der Waals surface area (Å²) in [6, 6.07) is 7.45. The number of carboxylic acid groups (broad SMARTS) is 1. The zero-order valence-corrected chi connectivity index (χ0v) is 11.1. The summed E-state index contributed by atoms with van der Waals surface area (Å²) in [5.74, 6) is 0.909. The van der Waals surface area contributed by atoms with Gasteiger partial charge in [0.2, 0.25) is 0 Å². The zero-order valence-electron chi connectivity index (χ0n) is 10.3. The van der Waals surface area contributed by atoms with Crippen LogP contribution in [0.4, 0.5) is 0 Å². The molecule has 0 saturated heterocycles. The molecule has 0 aliphatic rings. The van der Waals surface area contributed by atoms with Gasteiger partial charge < -0.3 is 14.8 Å². The smallest absolute Gasteiger partial charge is 0.345 e. The first-order chi connectivity index (χ1) is 8.56. The molecular formula is C13H15NO3S. The summed E-state index contributed by atoms with van der Waals surface area (Å²) in [5, 5.41) is 12.1. The molecule has 18 heavy (non-hydrogen) atoms. The van der Waals surface area contributed by atoms with Gasteiger partial charge in [0, 0.05) is 11.4 Å². The lowest BCUT2D eigenvalue weighted by molar-refractivity contribution is 0.0702. The van der Waals surface area contributed by atoms with E-state index >= 15 is 0 Å². The number of nitrogens with one attached hydrogen (secondary N) is 1. The molecular weight excluding hydrogens is 250 g/mol. The van der Waals surface area contributed by atoms with Crippen molar-refractivity contribution in [1.82, 2.24) is 5.32 Å². The van der Waals surface area contributed by atoms with Crippen LogP contribution in [0.2, 0.25) is 0 Å². The van der Waals surface area contributed by atoms with Gasteiger partial charge in [-0.1, -0.05) is 0 Å². The van der Waals surface area contributed by atoms with Gasteiger partial charge >= 0.3 is 5.97 Å². The topological polar surface area (TPSA) is 62.5 Å². The monoisotopic (exact) mass is 265 g/mol. The third-order valence-electron chi connectivity index (χ3n) is 2.64. The normalized spacial score (nSPS) is 12.6. The van der Waals surface area contributed by atoms with Crippen LogP contribution in [0.25, 0.3) is 0 Å². The van der Waals surface area contributed by atoms with Crippen molar-refractivity contribution in [2.75, 3.05) is 0 Å². The van der Waals surface area contributed by atoms with Gasteiger partial charge in [0.25, 0.3) is 0 Å². The summed E-state index contributed by atoms with van der Waals surface area (Å²) in [5.41, 5.74) is 0. The molecule has 4 nitrogen and oxygen atoms in total. The van der Waals surface area contributed by atoms with E-state index in [1.165, 1.54) is 11.3 Å². The highest BCUT2D eigenvalue weighted by Crippen LogP contribution is 2.19. The van der Waals surface area contributed by atoms with E-state index < -0.39 is 5.97 Å². The molecule has 2 rings (SSSR count). The van der Waals surface area contributed by atoms with Crippen LogP contribution in [-0.4, -0.2) is 11.1 Å². The summed E-state index contributed by atoms with van der Waals surface area (Å²) >= 11 is 1.29. The molecule has 2 heterocycles. The highest BCUT2D eigenvalue weighted by atomic mass is 32.1. The average Bonchev–Trinajstić information content (AvgIpc) is 2.94. The number of hydrogen-bond donors (Lipinski definition) is 2. The summed E-state index contributed by atoms with van der Waals surface area (Å²) in [7, 11) is 0. The lowest BCUT2D eigenvalue weighted by Crippen LogP contribution is -2.16. The Morgan fingerprint density at radius 2 is 2.22 bits per heavy atom. The number of carbonyl (C=O) groups is 1. The minimum absolute atomic E-state index is 0.106. The molecule has 2 N–H and O–H groups in total. The number of hydrogen-bond acceptors (Lipinski definition) is 4. The van der Waals surface area contributed by atoms with Crippen molar-refractivity contribution in [2.45, 2.75) is 26.4 Å². The SMILES string of the molecule is Cc1ccc(C(C)NCc2ccc(C(=O)O)s2)o1. The number of rotatable bonds is 5. The van der Waals surface area contributed by atoms with Gasteiger partial charge in [0.15, 0.2) is 0 Å². The van der Waals surface area contributed by atoms with Gasteiger partial charge in [0.1, 0.15) is 16.4 Å². The van der Waals surface area contributed by atoms with E-state index in [4.69, 9.17) is 9.52 Å². The molecule has 96 valence electrons. The Morgan fingerprint density at radius 1 is 1.44 bits per heavy atom. The molecule has 0 fully saturated rings. The molecule has 1 unspecified atom stereocenters. The molecule has 0 spiro atoms. The minimum Gasteiger partial charge on any atom is -0.477 e. The molecule has 1 atom stereocenters. The summed E-state index contributed by atoms with van der Waals surface area (Å²) < 4.78 is 5.52. The van der Waals surface area contributed by atoms with E-state index in [2.05, 4.69) is 5.32 Å². The number of aryl methyl sites for hydroxylation is 1. The van der Waals surface area contributed by atoms with Crippen LogP contribution in [0.3, 0.4) is 0 Å². The second-order valence-corrected chi connectivity index (χ2v) is 5.29. The quantitative estimate of drug-likeness (QED) is 0.871. The minimum atomic E-state index is -0.874. The van der Waals surface area contributed by atoms with Crippen molar-refractivity contribution in [3.8, 4) is 0 Å². The Morgan fingerprint density at radius 3 is 2.78 bits per heavy atom. The number of thiophene rings is 1. The average molecular weight is 265 g/mol. The Bertz CT molecular complexity index is 544. The number of furan rings is 1. The van der Waals surface area contributed by atoms with Crippen LogP contribution in [0.15, 0.2) is 28.7 Å². The highest BCUT2D eigenvalue weighted by molar-refractivity contribution is 7.13. The fourth-order valence-electron chi connectivity index (χ4n) is 1.63. The largest absolute Gasteiger partial charge is 0.477 e. The van der Waals surface area contributed by atoms with E-state index in [1.54, 1.807) is 6.07 Å². The molecule has 0 amide bonds. The number of aromatic carboxylic acids is 1. The fraction of sp³-hybridized carbons (Fsp3) is 0.308. The summed E-state index contributed by atoms with van der Waals surface area (Å²) in [6.07, 6.45) is 0. The number of carboxylic acids is 1. The maximum absolute atomic E-state index is 10.8. The van der Waals surface area contributed by atoms with Gasteiger partial charge in [-0.15, -0.1) is 11.3 Å². The van der Waals surface area contributed by atoms with Gasteiger partial charge in [-0.25, -0.2) is 4.79 Å². The highest BCUT2D eigenvalue weighted by Gasteiger charge is 2.11. The Kier molecular flexibility index (Phi) is 3.84. The molecule has 0 aliphatic carbocycles. The summed E-state index contributed by atoms with van der Waals surface area (Å²) in [4.78, 5) is 12.1. The Labute approximate surface area is 109 Å². The Balaban J connectivity index is 1.92. The van der Waals surface area contributed by atoms with Crippen LogP contribution in [0, 0.1) is 6.92 Å². The molecule has 2 aromatic heterocycles. The summed E-state index contributed by atoms with van der Waals surface area (Å²) in [6.45, 7) is 4.57. The van der Waals surface area contributed by atoms with Crippen molar-refractivity contribution in [3.63, 3.8) is 0 Å². The molecule has 0 aromatic carbocycles. The third-order valence-corrected chi connectivity index (χ3v) is 3.72. The first-order valence-electron chi connectivity index (χ1n) is 5.68. The van der Waals surface area contributed by atoms with E-state index in [0.717, 1.165) is 16.4 Å². The molecule has 0 bridgehead atoms. The van der Waals surface area contributed by atoms with Gasteiger partial charge in [0.05, 0.1) is 6.04 Å². The van der Waals surface area contributed by atoms with E-state index in [1.807, 2.05) is 32.0 Å². The van der Waals surface area contributed by atoms with Crippen LogP contribution in [0.1, 0.15) is 39.0 Å².